The number of ketones is 1. The van der Waals surface area contributed by atoms with Crippen molar-refractivity contribution in [3.63, 3.8) is 0 Å². The predicted octanol–water partition coefficient (Wildman–Crippen LogP) is 2.48. The molecule has 0 heterocycles. The molecule has 0 rings (SSSR count). The minimum atomic E-state index is -5.74. The van der Waals surface area contributed by atoms with E-state index in [2.05, 4.69) is 4.74 Å². The highest BCUT2D eigenvalue weighted by Crippen LogP contribution is 2.36. The lowest BCUT2D eigenvalue weighted by Gasteiger charge is -2.22. The first-order valence-corrected chi connectivity index (χ1v) is 3.66. The highest BCUT2D eigenvalue weighted by molar-refractivity contribution is 5.87. The van der Waals surface area contributed by atoms with Crippen LogP contribution in [-0.4, -0.2) is 29.3 Å². The van der Waals surface area contributed by atoms with Crippen molar-refractivity contribution in [1.29, 1.82) is 0 Å². The summed E-state index contributed by atoms with van der Waals surface area (Å²) in [5, 5.41) is 8.53. The maximum atomic E-state index is 11.8. The number of rotatable bonds is 3. The molecular formula is C7H6F6O3. The fraction of sp³-hybridized carbons (Fsp3) is 0.571. The van der Waals surface area contributed by atoms with Crippen LogP contribution in [0.25, 0.3) is 0 Å². The fourth-order valence-corrected chi connectivity index (χ4v) is 0.648. The first-order valence-electron chi connectivity index (χ1n) is 3.66. The summed E-state index contributed by atoms with van der Waals surface area (Å²) < 4.78 is 74.3. The smallest absolute Gasteiger partial charge is 0.434 e. The van der Waals surface area contributed by atoms with Crippen molar-refractivity contribution in [3.05, 3.63) is 12.0 Å². The van der Waals surface area contributed by atoms with Crippen LogP contribution in [0.2, 0.25) is 0 Å². The van der Waals surface area contributed by atoms with Crippen LogP contribution in [0.4, 0.5) is 26.3 Å². The highest BCUT2D eigenvalue weighted by atomic mass is 19.4. The number of hydrogen-bond donors (Lipinski definition) is 1. The van der Waals surface area contributed by atoms with Crippen molar-refractivity contribution in [1.82, 2.24) is 0 Å². The van der Waals surface area contributed by atoms with Crippen molar-refractivity contribution < 1.29 is 41.0 Å². The molecule has 3 nitrogen and oxygen atoms in total. The van der Waals surface area contributed by atoms with Crippen LogP contribution in [0.3, 0.4) is 0 Å². The Balaban J connectivity index is 4.91. The molecule has 0 atom stereocenters. The number of allylic oxidation sites excluding steroid dienone is 1. The maximum absolute atomic E-state index is 11.8. The molecule has 0 saturated carbocycles. The van der Waals surface area contributed by atoms with Crippen molar-refractivity contribution in [2.24, 2.45) is 0 Å². The van der Waals surface area contributed by atoms with Crippen molar-refractivity contribution in [3.8, 4) is 0 Å². The Kier molecular flexibility index (Phi) is 4.21. The van der Waals surface area contributed by atoms with Gasteiger partial charge in [-0.2, -0.15) is 26.3 Å². The van der Waals surface area contributed by atoms with E-state index in [4.69, 9.17) is 5.11 Å². The molecule has 0 aliphatic heterocycles. The van der Waals surface area contributed by atoms with E-state index >= 15 is 0 Å². The number of carbonyl (C=O) groups excluding carboxylic acids is 1. The van der Waals surface area contributed by atoms with Crippen LogP contribution in [0, 0.1) is 0 Å². The van der Waals surface area contributed by atoms with E-state index in [0.717, 1.165) is 6.92 Å². The lowest BCUT2D eigenvalue weighted by molar-refractivity contribution is -0.319. The number of ether oxygens (including phenoxy) is 1. The lowest BCUT2D eigenvalue weighted by atomic mass is 10.3. The van der Waals surface area contributed by atoms with E-state index in [-0.39, 0.29) is 6.08 Å². The van der Waals surface area contributed by atoms with Crippen LogP contribution in [-0.2, 0) is 9.53 Å². The molecule has 9 heteroatoms. The normalized spacial score (nSPS) is 14.1. The number of alkyl halides is 6. The van der Waals surface area contributed by atoms with Crippen LogP contribution in [0.15, 0.2) is 12.0 Å². The van der Waals surface area contributed by atoms with Gasteiger partial charge in [0, 0.05) is 0 Å². The van der Waals surface area contributed by atoms with Gasteiger partial charge in [0.1, 0.15) is 0 Å². The zero-order valence-electron chi connectivity index (χ0n) is 7.69. The average Bonchev–Trinajstić information content (AvgIpc) is 1.94. The second-order valence-electron chi connectivity index (χ2n) is 2.67. The van der Waals surface area contributed by atoms with Gasteiger partial charge in [-0.05, 0) is 6.92 Å². The summed E-state index contributed by atoms with van der Waals surface area (Å²) in [4.78, 5) is 10.3. The van der Waals surface area contributed by atoms with E-state index in [1.165, 1.54) is 0 Å². The fourth-order valence-electron chi connectivity index (χ4n) is 0.648. The summed E-state index contributed by atoms with van der Waals surface area (Å²) in [7, 11) is 0. The van der Waals surface area contributed by atoms with Crippen LogP contribution >= 0.6 is 0 Å². The van der Waals surface area contributed by atoms with Gasteiger partial charge in [-0.1, -0.05) is 0 Å². The summed E-state index contributed by atoms with van der Waals surface area (Å²) in [6.45, 7) is 0.815. The number of aliphatic hydroxyl groups excluding tert-OH is 1. The Bertz CT molecular complexity index is 275. The molecule has 16 heavy (non-hydrogen) atoms. The van der Waals surface area contributed by atoms with E-state index < -0.39 is 30.2 Å². The SMILES string of the molecule is CC(=O)/C=C(\O)OC(C(F)(F)F)C(F)(F)F. The summed E-state index contributed by atoms with van der Waals surface area (Å²) >= 11 is 0. The number of aliphatic hydroxyl groups is 1. The molecule has 0 aliphatic rings. The van der Waals surface area contributed by atoms with Crippen molar-refractivity contribution >= 4 is 5.78 Å². The summed E-state index contributed by atoms with van der Waals surface area (Å²) in [5.41, 5.74) is 0. The molecule has 0 aromatic carbocycles. The molecule has 0 amide bonds. The van der Waals surface area contributed by atoms with E-state index in [9.17, 15) is 31.1 Å². The molecule has 94 valence electrons. The maximum Gasteiger partial charge on any atom is 0.434 e. The zero-order chi connectivity index (χ0) is 13.1. The minimum Gasteiger partial charge on any atom is -0.481 e. The number of hydrogen-bond acceptors (Lipinski definition) is 3. The molecule has 0 radical (unpaired) electrons. The van der Waals surface area contributed by atoms with Gasteiger partial charge in [-0.25, -0.2) is 0 Å². The Morgan fingerprint density at radius 2 is 1.56 bits per heavy atom. The van der Waals surface area contributed by atoms with Crippen LogP contribution in [0.5, 0.6) is 0 Å². The predicted molar refractivity (Wildman–Crippen MR) is 38.4 cm³/mol. The van der Waals surface area contributed by atoms with Gasteiger partial charge in [0.15, 0.2) is 5.78 Å². The molecular weight excluding hydrogens is 246 g/mol. The Labute approximate surface area is 85.3 Å². The van der Waals surface area contributed by atoms with Gasteiger partial charge in [0.2, 0.25) is 0 Å². The molecule has 0 aromatic rings. The molecule has 0 bridgehead atoms. The first kappa shape index (κ1) is 14.6. The minimum absolute atomic E-state index is 0.102. The highest BCUT2D eigenvalue weighted by Gasteiger charge is 2.59. The Hall–Kier alpha value is -1.41. The summed E-state index contributed by atoms with van der Waals surface area (Å²) in [6, 6.07) is 0. The van der Waals surface area contributed by atoms with Gasteiger partial charge in [0.05, 0.1) is 6.08 Å². The second kappa shape index (κ2) is 4.62. The third kappa shape index (κ3) is 4.89. The van der Waals surface area contributed by atoms with E-state index in [1.54, 1.807) is 0 Å². The van der Waals surface area contributed by atoms with E-state index in [0.29, 0.717) is 0 Å². The second-order valence-corrected chi connectivity index (χ2v) is 2.67. The number of carbonyl (C=O) groups is 1. The third-order valence-corrected chi connectivity index (χ3v) is 1.16. The third-order valence-electron chi connectivity index (χ3n) is 1.16. The van der Waals surface area contributed by atoms with Crippen molar-refractivity contribution in [2.75, 3.05) is 0 Å². The van der Waals surface area contributed by atoms with Gasteiger partial charge in [-0.15, -0.1) is 0 Å². The largest absolute Gasteiger partial charge is 0.481 e. The molecule has 1 N–H and O–H groups in total. The summed E-state index contributed by atoms with van der Waals surface area (Å²) in [6.07, 6.45) is -15.5. The zero-order valence-corrected chi connectivity index (χ0v) is 7.69. The number of halogens is 6. The average molecular weight is 252 g/mol. The molecule has 0 saturated heterocycles. The van der Waals surface area contributed by atoms with Crippen LogP contribution < -0.4 is 0 Å². The topological polar surface area (TPSA) is 46.5 Å². The molecule has 0 fully saturated rings. The standard InChI is InChI=1S/C7H6F6O3/c1-3(14)2-4(15)16-5(6(8,9)10)7(11,12)13/h2,5,15H,1H3/b4-2+. The van der Waals surface area contributed by atoms with Gasteiger partial charge in [-0.3, -0.25) is 4.79 Å². The summed E-state index contributed by atoms with van der Waals surface area (Å²) in [5.74, 6) is -2.70. The molecule has 0 spiro atoms. The first-order chi connectivity index (χ1) is 6.94. The monoisotopic (exact) mass is 252 g/mol. The molecule has 0 aromatic heterocycles. The van der Waals surface area contributed by atoms with Crippen molar-refractivity contribution in [2.45, 2.75) is 25.4 Å². The van der Waals surface area contributed by atoms with E-state index in [1.807, 2.05) is 0 Å². The quantitative estimate of drug-likeness (QED) is 0.477. The Morgan fingerprint density at radius 1 is 1.19 bits per heavy atom. The molecule has 0 unspecified atom stereocenters. The van der Waals surface area contributed by atoms with Gasteiger partial charge >= 0.3 is 12.4 Å². The lowest BCUT2D eigenvalue weighted by Crippen LogP contribution is -2.44. The van der Waals surface area contributed by atoms with Crippen LogP contribution in [0.1, 0.15) is 6.92 Å². The molecule has 0 aliphatic carbocycles. The van der Waals surface area contributed by atoms with Gasteiger partial charge in [0.25, 0.3) is 12.0 Å². The van der Waals surface area contributed by atoms with Gasteiger partial charge < -0.3 is 9.84 Å². The Morgan fingerprint density at radius 3 is 1.81 bits per heavy atom.